The maximum Gasteiger partial charge on any atom is 0.133 e. The van der Waals surface area contributed by atoms with E-state index in [1.54, 1.807) is 0 Å². The van der Waals surface area contributed by atoms with Crippen LogP contribution in [0.5, 0.6) is 0 Å². The third kappa shape index (κ3) is 3.65. The molecule has 0 aromatic heterocycles. The molecule has 8 atom stereocenters. The topological polar surface area (TPSA) is 17.1 Å². The lowest BCUT2D eigenvalue weighted by atomic mass is 9.47. The summed E-state index contributed by atoms with van der Waals surface area (Å²) < 4.78 is 0. The summed E-state index contributed by atoms with van der Waals surface area (Å²) in [6.45, 7) is 15.0. The number of carbonyl (C=O) groups is 1. The number of rotatable bonds is 6. The standard InChI is InChI=1S/C29H48O/c1-7-21(19(2)3)9-8-20(4)25-12-13-26-24-11-10-22-18-23(30)14-16-28(22,5)27(24)15-17-29(25,26)6/h11,19-22,25-27H,7-10,12-18H2,1-6H3/t20-,21-,22?,25-,26+,27+,28+,29-/m1/s1. The Kier molecular flexibility index (Phi) is 6.33. The number of fused-ring (bicyclic) bond motifs is 5. The monoisotopic (exact) mass is 412 g/mol. The lowest BCUT2D eigenvalue weighted by Crippen LogP contribution is -2.49. The Morgan fingerprint density at radius 2 is 1.73 bits per heavy atom. The summed E-state index contributed by atoms with van der Waals surface area (Å²) in [6, 6.07) is 0. The lowest BCUT2D eigenvalue weighted by molar-refractivity contribution is -0.127. The van der Waals surface area contributed by atoms with Gasteiger partial charge >= 0.3 is 0 Å². The summed E-state index contributed by atoms with van der Waals surface area (Å²) in [4.78, 5) is 12.1. The predicted octanol–water partition coefficient (Wildman–Crippen LogP) is 8.23. The second-order valence-electron chi connectivity index (χ2n) is 12.7. The second-order valence-corrected chi connectivity index (χ2v) is 12.7. The molecule has 0 heterocycles. The molecule has 3 fully saturated rings. The molecule has 0 aromatic carbocycles. The van der Waals surface area contributed by atoms with Crippen LogP contribution >= 0.6 is 0 Å². The summed E-state index contributed by atoms with van der Waals surface area (Å²) in [5.41, 5.74) is 2.77. The van der Waals surface area contributed by atoms with Crippen molar-refractivity contribution in [2.75, 3.05) is 0 Å². The highest BCUT2D eigenvalue weighted by atomic mass is 16.1. The molecular formula is C29H48O. The van der Waals surface area contributed by atoms with Crippen molar-refractivity contribution < 1.29 is 4.79 Å². The van der Waals surface area contributed by atoms with Gasteiger partial charge in [0.25, 0.3) is 0 Å². The molecular weight excluding hydrogens is 364 g/mol. The average Bonchev–Trinajstić information content (AvgIpc) is 3.06. The van der Waals surface area contributed by atoms with Crippen LogP contribution < -0.4 is 0 Å². The van der Waals surface area contributed by atoms with Gasteiger partial charge in [0, 0.05) is 12.8 Å². The Hall–Kier alpha value is -0.590. The van der Waals surface area contributed by atoms with Gasteiger partial charge in [-0.15, -0.1) is 0 Å². The number of ketones is 1. The Balaban J connectivity index is 1.49. The molecule has 4 aliphatic rings. The average molecular weight is 413 g/mol. The largest absolute Gasteiger partial charge is 0.300 e. The van der Waals surface area contributed by atoms with E-state index in [9.17, 15) is 4.79 Å². The zero-order valence-corrected chi connectivity index (χ0v) is 20.8. The summed E-state index contributed by atoms with van der Waals surface area (Å²) in [5.74, 6) is 6.24. The van der Waals surface area contributed by atoms with Crippen LogP contribution in [0, 0.1) is 52.3 Å². The van der Waals surface area contributed by atoms with Crippen LogP contribution in [0.3, 0.4) is 0 Å². The van der Waals surface area contributed by atoms with E-state index >= 15 is 0 Å². The molecule has 4 rings (SSSR count). The van der Waals surface area contributed by atoms with E-state index < -0.39 is 0 Å². The minimum atomic E-state index is 0.397. The first-order valence-electron chi connectivity index (χ1n) is 13.4. The highest BCUT2D eigenvalue weighted by molar-refractivity contribution is 5.79. The molecule has 4 aliphatic carbocycles. The Bertz CT molecular complexity index is 674. The number of allylic oxidation sites excluding steroid dienone is 2. The van der Waals surface area contributed by atoms with E-state index in [-0.39, 0.29) is 0 Å². The van der Waals surface area contributed by atoms with Crippen LogP contribution in [-0.2, 0) is 4.79 Å². The van der Waals surface area contributed by atoms with Crippen molar-refractivity contribution in [3.63, 3.8) is 0 Å². The van der Waals surface area contributed by atoms with Crippen molar-refractivity contribution in [1.29, 1.82) is 0 Å². The maximum absolute atomic E-state index is 12.1. The summed E-state index contributed by atoms with van der Waals surface area (Å²) in [5, 5.41) is 0. The molecule has 0 amide bonds. The minimum absolute atomic E-state index is 0.397. The molecule has 1 unspecified atom stereocenters. The Morgan fingerprint density at radius 1 is 1.00 bits per heavy atom. The minimum Gasteiger partial charge on any atom is -0.300 e. The quantitative estimate of drug-likeness (QED) is 0.401. The molecule has 30 heavy (non-hydrogen) atoms. The fourth-order valence-electron chi connectivity index (χ4n) is 8.97. The van der Waals surface area contributed by atoms with Crippen molar-refractivity contribution in [3.05, 3.63) is 11.6 Å². The smallest absolute Gasteiger partial charge is 0.133 e. The molecule has 0 radical (unpaired) electrons. The van der Waals surface area contributed by atoms with Crippen molar-refractivity contribution in [3.8, 4) is 0 Å². The molecule has 0 aromatic rings. The van der Waals surface area contributed by atoms with Crippen LogP contribution in [0.4, 0.5) is 0 Å². The van der Waals surface area contributed by atoms with Crippen molar-refractivity contribution in [2.24, 2.45) is 52.3 Å². The third-order valence-electron chi connectivity index (χ3n) is 11.1. The van der Waals surface area contributed by atoms with Crippen LogP contribution in [0.2, 0.25) is 0 Å². The summed E-state index contributed by atoms with van der Waals surface area (Å²) in [7, 11) is 0. The number of hydrogen-bond acceptors (Lipinski definition) is 1. The van der Waals surface area contributed by atoms with Crippen LogP contribution in [-0.4, -0.2) is 5.78 Å². The first-order valence-corrected chi connectivity index (χ1v) is 13.4. The first-order chi connectivity index (χ1) is 14.2. The van der Waals surface area contributed by atoms with Gasteiger partial charge in [0.2, 0.25) is 0 Å². The van der Waals surface area contributed by atoms with E-state index in [0.29, 0.717) is 22.5 Å². The number of hydrogen-bond donors (Lipinski definition) is 0. The fraction of sp³-hybridized carbons (Fsp3) is 0.897. The van der Waals surface area contributed by atoms with E-state index in [1.807, 2.05) is 5.57 Å². The SMILES string of the molecule is CC[C@H](CC[C@@H](C)[C@H]1CC[C@H]2C3=CCC4CC(=O)CC[C@]4(C)[C@H]3CC[C@]12C)C(C)C. The summed E-state index contributed by atoms with van der Waals surface area (Å²) >= 11 is 0. The molecule has 1 heteroatoms. The number of carbonyl (C=O) groups excluding carboxylic acids is 1. The van der Waals surface area contributed by atoms with Gasteiger partial charge < -0.3 is 0 Å². The molecule has 170 valence electrons. The van der Waals surface area contributed by atoms with Gasteiger partial charge in [-0.2, -0.15) is 0 Å². The Morgan fingerprint density at radius 3 is 2.43 bits per heavy atom. The van der Waals surface area contributed by atoms with Gasteiger partial charge in [-0.1, -0.05) is 66.0 Å². The molecule has 0 aliphatic heterocycles. The molecule has 0 saturated heterocycles. The normalized spacial score (nSPS) is 42.9. The molecule has 3 saturated carbocycles. The molecule has 0 spiro atoms. The van der Waals surface area contributed by atoms with Crippen LogP contribution in [0.25, 0.3) is 0 Å². The highest BCUT2D eigenvalue weighted by Gasteiger charge is 2.58. The zero-order valence-electron chi connectivity index (χ0n) is 20.8. The van der Waals surface area contributed by atoms with Crippen molar-refractivity contribution >= 4 is 5.78 Å². The third-order valence-corrected chi connectivity index (χ3v) is 11.1. The van der Waals surface area contributed by atoms with Crippen LogP contribution in [0.15, 0.2) is 11.6 Å². The van der Waals surface area contributed by atoms with E-state index in [2.05, 4.69) is 47.6 Å². The second kappa shape index (κ2) is 8.40. The number of Topliss-reactive ketones (excluding diaryl/α,β-unsaturated/α-hetero) is 1. The van der Waals surface area contributed by atoms with Gasteiger partial charge in [-0.3, -0.25) is 4.79 Å². The first kappa shape index (κ1) is 22.6. The Labute approximate surface area is 186 Å². The summed E-state index contributed by atoms with van der Waals surface area (Å²) in [6.07, 6.45) is 16.5. The molecule has 0 N–H and O–H groups in total. The zero-order chi connectivity index (χ0) is 21.7. The van der Waals surface area contributed by atoms with Gasteiger partial charge in [-0.25, -0.2) is 0 Å². The molecule has 0 bridgehead atoms. The lowest BCUT2D eigenvalue weighted by Gasteiger charge is -2.57. The fourth-order valence-corrected chi connectivity index (χ4v) is 8.97. The van der Waals surface area contributed by atoms with E-state index in [4.69, 9.17) is 0 Å². The van der Waals surface area contributed by atoms with Gasteiger partial charge in [0.1, 0.15) is 5.78 Å². The molecule has 1 nitrogen and oxygen atoms in total. The van der Waals surface area contributed by atoms with Gasteiger partial charge in [-0.05, 0) is 97.2 Å². The van der Waals surface area contributed by atoms with Crippen molar-refractivity contribution in [2.45, 2.75) is 112 Å². The predicted molar refractivity (Wildman–Crippen MR) is 127 cm³/mol. The highest BCUT2D eigenvalue weighted by Crippen LogP contribution is 2.66. The van der Waals surface area contributed by atoms with Gasteiger partial charge in [0.05, 0.1) is 0 Å². The van der Waals surface area contributed by atoms with E-state index in [0.717, 1.165) is 54.8 Å². The van der Waals surface area contributed by atoms with E-state index in [1.165, 1.54) is 51.4 Å². The van der Waals surface area contributed by atoms with Crippen molar-refractivity contribution in [1.82, 2.24) is 0 Å². The van der Waals surface area contributed by atoms with Gasteiger partial charge in [0.15, 0.2) is 0 Å². The van der Waals surface area contributed by atoms with Crippen LogP contribution in [0.1, 0.15) is 112 Å². The maximum atomic E-state index is 12.1.